The van der Waals surface area contributed by atoms with Crippen molar-refractivity contribution in [3.63, 3.8) is 0 Å². The molecule has 1 aliphatic rings. The third kappa shape index (κ3) is 4.01. The number of carbonyl (C=O) groups excluding carboxylic acids is 1. The third-order valence-corrected chi connectivity index (χ3v) is 6.02. The number of aromatic nitrogens is 3. The van der Waals surface area contributed by atoms with Gasteiger partial charge in [-0.3, -0.25) is 10.1 Å². The van der Waals surface area contributed by atoms with E-state index in [0.717, 1.165) is 25.2 Å². The topological polar surface area (TPSA) is 63.9 Å². The maximum absolute atomic E-state index is 12.9. The standard InChI is InChI=1S/C24H33N5O/c1-5-9-26-24(30)20-13-17-14-29(15-22-25-10-11-28(22)4)21-8-6-7-18(23(17)21)19(27-20)12-16(2)3/h6-8,10-11,14,16,19-20,27H,5,9,12-13,15H2,1-4H3,(H,26,30). The van der Waals surface area contributed by atoms with Crippen molar-refractivity contribution in [3.05, 3.63) is 53.7 Å². The Hall–Kier alpha value is -2.60. The van der Waals surface area contributed by atoms with Crippen LogP contribution in [0.4, 0.5) is 0 Å². The second-order valence-corrected chi connectivity index (χ2v) is 8.87. The van der Waals surface area contributed by atoms with Crippen LogP contribution < -0.4 is 10.6 Å². The summed E-state index contributed by atoms with van der Waals surface area (Å²) in [5.74, 6) is 1.66. The van der Waals surface area contributed by atoms with Gasteiger partial charge in [-0.1, -0.05) is 32.9 Å². The van der Waals surface area contributed by atoms with E-state index in [2.05, 4.69) is 69.9 Å². The number of aryl methyl sites for hydroxylation is 1. The van der Waals surface area contributed by atoms with Gasteiger partial charge in [-0.2, -0.15) is 0 Å². The van der Waals surface area contributed by atoms with E-state index in [1.807, 2.05) is 19.4 Å². The minimum absolute atomic E-state index is 0.100. The number of imidazole rings is 1. The summed E-state index contributed by atoms with van der Waals surface area (Å²) in [6.07, 6.45) is 8.69. The maximum atomic E-state index is 12.9. The molecule has 2 unspecified atom stereocenters. The van der Waals surface area contributed by atoms with E-state index in [4.69, 9.17) is 0 Å². The summed E-state index contributed by atoms with van der Waals surface area (Å²) in [7, 11) is 2.03. The first-order chi connectivity index (χ1) is 14.5. The van der Waals surface area contributed by atoms with Crippen LogP contribution in [0.2, 0.25) is 0 Å². The van der Waals surface area contributed by atoms with Gasteiger partial charge >= 0.3 is 0 Å². The maximum Gasteiger partial charge on any atom is 0.237 e. The number of carbonyl (C=O) groups is 1. The molecule has 30 heavy (non-hydrogen) atoms. The lowest BCUT2D eigenvalue weighted by Crippen LogP contribution is -2.46. The molecule has 0 saturated heterocycles. The van der Waals surface area contributed by atoms with Gasteiger partial charge in [0.15, 0.2) is 0 Å². The first-order valence-corrected chi connectivity index (χ1v) is 11.1. The molecule has 6 nitrogen and oxygen atoms in total. The predicted octanol–water partition coefficient (Wildman–Crippen LogP) is 3.55. The Morgan fingerprint density at radius 1 is 1.37 bits per heavy atom. The number of nitrogens with one attached hydrogen (secondary N) is 2. The van der Waals surface area contributed by atoms with Gasteiger partial charge in [-0.05, 0) is 42.4 Å². The highest BCUT2D eigenvalue weighted by atomic mass is 16.2. The highest BCUT2D eigenvalue weighted by Gasteiger charge is 2.30. The number of rotatable bonds is 7. The molecule has 2 aromatic heterocycles. The van der Waals surface area contributed by atoms with Crippen LogP contribution in [0, 0.1) is 5.92 Å². The van der Waals surface area contributed by atoms with Crippen molar-refractivity contribution >= 4 is 16.8 Å². The summed E-state index contributed by atoms with van der Waals surface area (Å²) < 4.78 is 4.35. The second kappa shape index (κ2) is 8.64. The van der Waals surface area contributed by atoms with Crippen molar-refractivity contribution in [1.29, 1.82) is 0 Å². The highest BCUT2D eigenvalue weighted by Crippen LogP contribution is 2.36. The first kappa shape index (κ1) is 20.7. The third-order valence-electron chi connectivity index (χ3n) is 6.02. The Morgan fingerprint density at radius 2 is 2.20 bits per heavy atom. The van der Waals surface area contributed by atoms with Gasteiger partial charge in [0, 0.05) is 49.1 Å². The molecular formula is C24H33N5O. The van der Waals surface area contributed by atoms with Crippen LogP contribution in [0.15, 0.2) is 36.8 Å². The van der Waals surface area contributed by atoms with Gasteiger partial charge in [0.2, 0.25) is 5.91 Å². The van der Waals surface area contributed by atoms with E-state index in [1.54, 1.807) is 0 Å². The van der Waals surface area contributed by atoms with Crippen molar-refractivity contribution in [2.45, 2.75) is 58.7 Å². The normalized spacial score (nSPS) is 18.7. The lowest BCUT2D eigenvalue weighted by atomic mass is 9.94. The van der Waals surface area contributed by atoms with E-state index < -0.39 is 0 Å². The fourth-order valence-corrected chi connectivity index (χ4v) is 4.56. The molecule has 3 aromatic rings. The average molecular weight is 408 g/mol. The van der Waals surface area contributed by atoms with Crippen molar-refractivity contribution in [1.82, 2.24) is 24.8 Å². The van der Waals surface area contributed by atoms with Gasteiger partial charge in [-0.25, -0.2) is 4.98 Å². The van der Waals surface area contributed by atoms with Gasteiger partial charge in [-0.15, -0.1) is 0 Å². The minimum Gasteiger partial charge on any atom is -0.355 e. The van der Waals surface area contributed by atoms with Crippen LogP contribution in [-0.4, -0.2) is 32.6 Å². The second-order valence-electron chi connectivity index (χ2n) is 8.87. The Balaban J connectivity index is 1.77. The van der Waals surface area contributed by atoms with Gasteiger partial charge in [0.05, 0.1) is 12.6 Å². The fourth-order valence-electron chi connectivity index (χ4n) is 4.56. The number of hydrogen-bond donors (Lipinski definition) is 2. The monoisotopic (exact) mass is 407 g/mol. The Morgan fingerprint density at radius 3 is 2.90 bits per heavy atom. The van der Waals surface area contributed by atoms with Crippen LogP contribution in [0.5, 0.6) is 0 Å². The SMILES string of the molecule is CCCNC(=O)C1Cc2cn(Cc3nccn3C)c3cccc(c23)C(CC(C)C)N1. The molecule has 1 aliphatic heterocycles. The number of nitrogens with zero attached hydrogens (tertiary/aromatic N) is 3. The van der Waals surface area contributed by atoms with Gasteiger partial charge in [0.1, 0.15) is 5.82 Å². The number of benzene rings is 1. The van der Waals surface area contributed by atoms with Crippen molar-refractivity contribution in [2.24, 2.45) is 13.0 Å². The van der Waals surface area contributed by atoms with Crippen LogP contribution in [0.1, 0.15) is 56.6 Å². The lowest BCUT2D eigenvalue weighted by Gasteiger charge is -2.25. The largest absolute Gasteiger partial charge is 0.355 e. The van der Waals surface area contributed by atoms with Crippen LogP contribution >= 0.6 is 0 Å². The van der Waals surface area contributed by atoms with Crippen molar-refractivity contribution in [2.75, 3.05) is 6.54 Å². The molecule has 0 saturated carbocycles. The van der Waals surface area contributed by atoms with Crippen molar-refractivity contribution in [3.8, 4) is 0 Å². The smallest absolute Gasteiger partial charge is 0.237 e. The zero-order valence-corrected chi connectivity index (χ0v) is 18.5. The molecule has 2 atom stereocenters. The molecule has 3 heterocycles. The summed E-state index contributed by atoms with van der Waals surface area (Å²) in [5, 5.41) is 8.08. The van der Waals surface area contributed by atoms with Gasteiger partial charge in [0.25, 0.3) is 0 Å². The minimum atomic E-state index is -0.222. The fraction of sp³-hybridized carbons (Fsp3) is 0.500. The predicted molar refractivity (Wildman–Crippen MR) is 120 cm³/mol. The molecule has 2 N–H and O–H groups in total. The van der Waals surface area contributed by atoms with E-state index in [-0.39, 0.29) is 18.0 Å². The van der Waals surface area contributed by atoms with Crippen LogP contribution in [0.25, 0.3) is 10.9 Å². The van der Waals surface area contributed by atoms with Crippen LogP contribution in [0.3, 0.4) is 0 Å². The van der Waals surface area contributed by atoms with Crippen molar-refractivity contribution < 1.29 is 4.79 Å². The Kier molecular flexibility index (Phi) is 5.95. The number of hydrogen-bond acceptors (Lipinski definition) is 3. The highest BCUT2D eigenvalue weighted by molar-refractivity contribution is 5.90. The Labute approximate surface area is 178 Å². The molecule has 0 radical (unpaired) electrons. The molecule has 160 valence electrons. The zero-order chi connectivity index (χ0) is 21.3. The summed E-state index contributed by atoms with van der Waals surface area (Å²) in [6, 6.07) is 6.50. The summed E-state index contributed by atoms with van der Waals surface area (Å²) in [6.45, 7) is 8.00. The molecule has 0 aliphatic carbocycles. The number of amides is 1. The molecular weight excluding hydrogens is 374 g/mol. The summed E-state index contributed by atoms with van der Waals surface area (Å²) in [5.41, 5.74) is 3.77. The summed E-state index contributed by atoms with van der Waals surface area (Å²) in [4.78, 5) is 17.4. The molecule has 1 aromatic carbocycles. The molecule has 4 rings (SSSR count). The van der Waals surface area contributed by atoms with E-state index in [1.165, 1.54) is 22.0 Å². The van der Waals surface area contributed by atoms with E-state index >= 15 is 0 Å². The van der Waals surface area contributed by atoms with Gasteiger partial charge < -0.3 is 14.5 Å². The summed E-state index contributed by atoms with van der Waals surface area (Å²) >= 11 is 0. The Bertz CT molecular complexity index is 1030. The molecule has 1 amide bonds. The van der Waals surface area contributed by atoms with E-state index in [9.17, 15) is 4.79 Å². The molecule has 0 bridgehead atoms. The lowest BCUT2D eigenvalue weighted by molar-refractivity contribution is -0.123. The molecule has 6 heteroatoms. The average Bonchev–Trinajstić information content (AvgIpc) is 3.23. The molecule has 0 fully saturated rings. The quantitative estimate of drug-likeness (QED) is 0.630. The molecule has 0 spiro atoms. The van der Waals surface area contributed by atoms with Crippen LogP contribution in [-0.2, 0) is 24.8 Å². The zero-order valence-electron chi connectivity index (χ0n) is 18.5. The van der Waals surface area contributed by atoms with E-state index in [0.29, 0.717) is 18.9 Å². The first-order valence-electron chi connectivity index (χ1n) is 11.1.